The highest BCUT2D eigenvalue weighted by atomic mass is 15.1. The summed E-state index contributed by atoms with van der Waals surface area (Å²) in [6.07, 6.45) is 0. The second-order valence-electron chi connectivity index (χ2n) is 13.7. The van der Waals surface area contributed by atoms with Gasteiger partial charge in [0.1, 0.15) is 0 Å². The van der Waals surface area contributed by atoms with Gasteiger partial charge >= 0.3 is 0 Å². The molecule has 9 aromatic carbocycles. The van der Waals surface area contributed by atoms with E-state index in [0.29, 0.717) is 0 Å². The van der Waals surface area contributed by atoms with Crippen LogP contribution in [-0.2, 0) is 0 Å². The maximum atomic E-state index is 2.35. The Morgan fingerprint density at radius 3 is 0.891 bits per heavy atom. The Hall–Kier alpha value is -7.22. The zero-order chi connectivity index (χ0) is 36.8. The van der Waals surface area contributed by atoms with Crippen molar-refractivity contribution in [3.05, 3.63) is 237 Å². The molecule has 0 aliphatic rings. The first-order valence-corrected chi connectivity index (χ1v) is 18.8. The lowest BCUT2D eigenvalue weighted by Crippen LogP contribution is -2.09. The minimum absolute atomic E-state index is 1.09. The molecule has 0 amide bonds. The molecule has 0 aliphatic carbocycles. The number of benzene rings is 9. The predicted molar refractivity (Wildman–Crippen MR) is 234 cm³/mol. The van der Waals surface area contributed by atoms with Crippen LogP contribution in [0.25, 0.3) is 66.8 Å². The van der Waals surface area contributed by atoms with Crippen molar-refractivity contribution in [3.63, 3.8) is 0 Å². The van der Waals surface area contributed by atoms with Crippen molar-refractivity contribution in [2.24, 2.45) is 0 Å². The third-order valence-electron chi connectivity index (χ3n) is 10.3. The SMILES string of the molecule is c1ccc(-c2ccc(N(c3ccc(-c4ccccc4-c4ccccc4)cc3)c3ccc(-c4ccc(-c5ccccc5)cc4-c4ccccc4)cc3)cc2)cc1. The number of anilines is 3. The van der Waals surface area contributed by atoms with Gasteiger partial charge in [-0.2, -0.15) is 0 Å². The molecule has 0 N–H and O–H groups in total. The molecular formula is C54H39N. The average molecular weight is 702 g/mol. The molecule has 260 valence electrons. The van der Waals surface area contributed by atoms with E-state index >= 15 is 0 Å². The summed E-state index contributed by atoms with van der Waals surface area (Å²) in [4.78, 5) is 2.35. The van der Waals surface area contributed by atoms with Crippen LogP contribution < -0.4 is 4.90 Å². The highest BCUT2D eigenvalue weighted by molar-refractivity contribution is 5.89. The van der Waals surface area contributed by atoms with Gasteiger partial charge in [0.15, 0.2) is 0 Å². The van der Waals surface area contributed by atoms with Crippen molar-refractivity contribution in [3.8, 4) is 66.8 Å². The Morgan fingerprint density at radius 2 is 0.455 bits per heavy atom. The molecular weight excluding hydrogens is 663 g/mol. The predicted octanol–water partition coefficient (Wildman–Crippen LogP) is 15.2. The lowest BCUT2D eigenvalue weighted by Gasteiger charge is -2.26. The van der Waals surface area contributed by atoms with Gasteiger partial charge in [-0.3, -0.25) is 0 Å². The number of rotatable bonds is 9. The molecule has 0 saturated heterocycles. The molecule has 0 fully saturated rings. The van der Waals surface area contributed by atoms with Gasteiger partial charge in [-0.15, -0.1) is 0 Å². The summed E-state index contributed by atoms with van der Waals surface area (Å²) in [6.45, 7) is 0. The first-order valence-electron chi connectivity index (χ1n) is 18.8. The van der Waals surface area contributed by atoms with Crippen molar-refractivity contribution in [2.75, 3.05) is 4.90 Å². The maximum absolute atomic E-state index is 2.35. The highest BCUT2D eigenvalue weighted by Crippen LogP contribution is 2.41. The molecule has 0 aliphatic heterocycles. The zero-order valence-corrected chi connectivity index (χ0v) is 30.5. The Balaban J connectivity index is 1.11. The largest absolute Gasteiger partial charge is 0.311 e. The van der Waals surface area contributed by atoms with E-state index in [1.807, 2.05) is 0 Å². The van der Waals surface area contributed by atoms with E-state index in [-0.39, 0.29) is 0 Å². The second kappa shape index (κ2) is 15.4. The van der Waals surface area contributed by atoms with Gasteiger partial charge in [0.2, 0.25) is 0 Å². The van der Waals surface area contributed by atoms with Crippen LogP contribution in [0.2, 0.25) is 0 Å². The zero-order valence-electron chi connectivity index (χ0n) is 30.5. The van der Waals surface area contributed by atoms with Crippen molar-refractivity contribution in [1.29, 1.82) is 0 Å². The van der Waals surface area contributed by atoms with Crippen molar-refractivity contribution >= 4 is 17.1 Å². The molecule has 1 nitrogen and oxygen atoms in total. The third kappa shape index (κ3) is 7.12. The van der Waals surface area contributed by atoms with Gasteiger partial charge in [0, 0.05) is 17.1 Å². The van der Waals surface area contributed by atoms with Crippen LogP contribution in [0.15, 0.2) is 237 Å². The van der Waals surface area contributed by atoms with E-state index in [0.717, 1.165) is 17.1 Å². The Morgan fingerprint density at radius 1 is 0.182 bits per heavy atom. The van der Waals surface area contributed by atoms with E-state index in [4.69, 9.17) is 0 Å². The number of hydrogen-bond acceptors (Lipinski definition) is 1. The summed E-state index contributed by atoms with van der Waals surface area (Å²) in [7, 11) is 0. The fourth-order valence-corrected chi connectivity index (χ4v) is 7.53. The molecule has 9 aromatic rings. The van der Waals surface area contributed by atoms with Crippen molar-refractivity contribution < 1.29 is 0 Å². The van der Waals surface area contributed by atoms with Gasteiger partial charge < -0.3 is 4.90 Å². The highest BCUT2D eigenvalue weighted by Gasteiger charge is 2.16. The van der Waals surface area contributed by atoms with E-state index < -0.39 is 0 Å². The minimum atomic E-state index is 1.09. The smallest absolute Gasteiger partial charge is 0.0462 e. The average Bonchev–Trinajstić information content (AvgIpc) is 3.28. The van der Waals surface area contributed by atoms with Crippen LogP contribution in [0.3, 0.4) is 0 Å². The van der Waals surface area contributed by atoms with Gasteiger partial charge in [0.05, 0.1) is 0 Å². The quantitative estimate of drug-likeness (QED) is 0.145. The number of nitrogens with zero attached hydrogens (tertiary/aromatic N) is 1. The minimum Gasteiger partial charge on any atom is -0.311 e. The summed E-state index contributed by atoms with van der Waals surface area (Å²) in [5.41, 5.74) is 17.8. The lowest BCUT2D eigenvalue weighted by atomic mass is 9.91. The van der Waals surface area contributed by atoms with Crippen molar-refractivity contribution in [2.45, 2.75) is 0 Å². The van der Waals surface area contributed by atoms with Gasteiger partial charge in [-0.25, -0.2) is 0 Å². The van der Waals surface area contributed by atoms with Crippen LogP contribution in [0.4, 0.5) is 17.1 Å². The first-order chi connectivity index (χ1) is 27.3. The topological polar surface area (TPSA) is 3.24 Å². The molecule has 0 bridgehead atoms. The summed E-state index contributed by atoms with van der Waals surface area (Å²) in [5, 5.41) is 0. The molecule has 1 heteroatoms. The Labute approximate surface area is 324 Å². The van der Waals surface area contributed by atoms with Crippen LogP contribution in [0.5, 0.6) is 0 Å². The molecule has 0 spiro atoms. The third-order valence-corrected chi connectivity index (χ3v) is 10.3. The first kappa shape index (κ1) is 33.6. The van der Waals surface area contributed by atoms with Gasteiger partial charge in [-0.05, 0) is 109 Å². The Kier molecular flexibility index (Phi) is 9.41. The van der Waals surface area contributed by atoms with Crippen LogP contribution in [-0.4, -0.2) is 0 Å². The van der Waals surface area contributed by atoms with Crippen LogP contribution >= 0.6 is 0 Å². The summed E-state index contributed by atoms with van der Waals surface area (Å²) in [5.74, 6) is 0. The molecule has 0 atom stereocenters. The molecule has 0 saturated carbocycles. The Bertz CT molecular complexity index is 2630. The monoisotopic (exact) mass is 701 g/mol. The van der Waals surface area contributed by atoms with Gasteiger partial charge in [0.25, 0.3) is 0 Å². The number of hydrogen-bond donors (Lipinski definition) is 0. The van der Waals surface area contributed by atoms with E-state index in [2.05, 4.69) is 241 Å². The van der Waals surface area contributed by atoms with Gasteiger partial charge in [-0.1, -0.05) is 194 Å². The fraction of sp³-hybridized carbons (Fsp3) is 0. The summed E-state index contributed by atoms with van der Waals surface area (Å²) >= 11 is 0. The fourth-order valence-electron chi connectivity index (χ4n) is 7.53. The summed E-state index contributed by atoms with van der Waals surface area (Å²) in [6, 6.07) is 84.9. The van der Waals surface area contributed by atoms with Crippen molar-refractivity contribution in [1.82, 2.24) is 0 Å². The summed E-state index contributed by atoms with van der Waals surface area (Å²) < 4.78 is 0. The van der Waals surface area contributed by atoms with E-state index in [9.17, 15) is 0 Å². The lowest BCUT2D eigenvalue weighted by molar-refractivity contribution is 1.28. The van der Waals surface area contributed by atoms with Crippen LogP contribution in [0.1, 0.15) is 0 Å². The molecule has 0 aromatic heterocycles. The normalized spacial score (nSPS) is 10.9. The molecule has 0 unspecified atom stereocenters. The molecule has 55 heavy (non-hydrogen) atoms. The molecule has 0 heterocycles. The standard InChI is InChI=1S/C54H39N/c1-5-15-40(16-6-1)42-25-32-48(33-26-42)55(49-34-27-45(28-35-49)52-24-14-13-23-51(52)43-19-9-3-10-20-43)50-36-29-46(30-37-50)53-38-31-47(41-17-7-2-8-18-41)39-54(53)44-21-11-4-12-22-44/h1-39H. The molecule has 0 radical (unpaired) electrons. The van der Waals surface area contributed by atoms with Crippen LogP contribution in [0, 0.1) is 0 Å². The maximum Gasteiger partial charge on any atom is 0.0462 e. The van der Waals surface area contributed by atoms with E-state index in [1.165, 1.54) is 66.8 Å². The second-order valence-corrected chi connectivity index (χ2v) is 13.7. The molecule has 9 rings (SSSR count). The van der Waals surface area contributed by atoms with E-state index in [1.54, 1.807) is 0 Å².